The Labute approximate surface area is 105 Å². The summed E-state index contributed by atoms with van der Waals surface area (Å²) in [6, 6.07) is 7.45. The van der Waals surface area contributed by atoms with Gasteiger partial charge in [-0.15, -0.1) is 0 Å². The van der Waals surface area contributed by atoms with Crippen LogP contribution in [0.2, 0.25) is 0 Å². The third-order valence-corrected chi connectivity index (χ3v) is 2.90. The zero-order valence-electron chi connectivity index (χ0n) is 9.74. The summed E-state index contributed by atoms with van der Waals surface area (Å²) < 4.78 is 0.996. The maximum absolute atomic E-state index is 11.8. The highest BCUT2D eigenvalue weighted by Gasteiger charge is 2.15. The summed E-state index contributed by atoms with van der Waals surface area (Å²) in [6.07, 6.45) is 1.18. The summed E-state index contributed by atoms with van der Waals surface area (Å²) in [7, 11) is 0. The van der Waals surface area contributed by atoms with Crippen LogP contribution in [0.3, 0.4) is 0 Å². The van der Waals surface area contributed by atoms with Crippen LogP contribution in [0, 0.1) is 5.92 Å². The quantitative estimate of drug-likeness (QED) is 0.903. The molecule has 2 N–H and O–H groups in total. The molecule has 1 atom stereocenters. The first-order chi connectivity index (χ1) is 7.49. The first-order valence-electron chi connectivity index (χ1n) is 5.51. The standard InChI is InChI=1S/C13H18BrNO/c1-9(2)6-12(15)13(16)8-10-4-3-5-11(14)7-10/h3-5,7,9,12H,6,8,15H2,1-2H3. The molecule has 0 bridgehead atoms. The molecule has 1 aromatic rings. The molecule has 0 amide bonds. The second kappa shape index (κ2) is 6.16. The van der Waals surface area contributed by atoms with Gasteiger partial charge in [-0.3, -0.25) is 4.79 Å². The van der Waals surface area contributed by atoms with Gasteiger partial charge in [0.25, 0.3) is 0 Å². The topological polar surface area (TPSA) is 43.1 Å². The molecule has 0 saturated carbocycles. The molecule has 2 nitrogen and oxygen atoms in total. The number of ketones is 1. The van der Waals surface area contributed by atoms with Crippen molar-refractivity contribution in [3.63, 3.8) is 0 Å². The Hall–Kier alpha value is -0.670. The van der Waals surface area contributed by atoms with Crippen molar-refractivity contribution in [2.75, 3.05) is 0 Å². The van der Waals surface area contributed by atoms with Crippen molar-refractivity contribution in [1.82, 2.24) is 0 Å². The van der Waals surface area contributed by atoms with Crippen molar-refractivity contribution in [3.05, 3.63) is 34.3 Å². The van der Waals surface area contributed by atoms with Crippen molar-refractivity contribution in [1.29, 1.82) is 0 Å². The zero-order valence-corrected chi connectivity index (χ0v) is 11.3. The van der Waals surface area contributed by atoms with Gasteiger partial charge in [0.05, 0.1) is 6.04 Å². The fourth-order valence-electron chi connectivity index (χ4n) is 1.62. The Morgan fingerprint density at radius 2 is 2.12 bits per heavy atom. The summed E-state index contributed by atoms with van der Waals surface area (Å²) in [5.41, 5.74) is 6.86. The molecule has 16 heavy (non-hydrogen) atoms. The molecule has 0 aliphatic heterocycles. The highest BCUT2D eigenvalue weighted by atomic mass is 79.9. The second-order valence-corrected chi connectivity index (χ2v) is 5.42. The number of rotatable bonds is 5. The predicted molar refractivity (Wildman–Crippen MR) is 70.3 cm³/mol. The fourth-order valence-corrected chi connectivity index (χ4v) is 2.07. The summed E-state index contributed by atoms with van der Waals surface area (Å²) >= 11 is 3.39. The summed E-state index contributed by atoms with van der Waals surface area (Å²) in [5, 5.41) is 0. The average molecular weight is 284 g/mol. The molecule has 0 aliphatic carbocycles. The lowest BCUT2D eigenvalue weighted by atomic mass is 9.97. The summed E-state index contributed by atoms with van der Waals surface area (Å²) in [6.45, 7) is 4.15. The van der Waals surface area contributed by atoms with Gasteiger partial charge >= 0.3 is 0 Å². The molecule has 0 fully saturated rings. The van der Waals surface area contributed by atoms with Crippen LogP contribution in [-0.4, -0.2) is 11.8 Å². The van der Waals surface area contributed by atoms with Gasteiger partial charge in [-0.25, -0.2) is 0 Å². The first kappa shape index (κ1) is 13.4. The molecular weight excluding hydrogens is 266 g/mol. The molecule has 0 heterocycles. The normalized spacial score (nSPS) is 12.8. The molecule has 0 aliphatic rings. The van der Waals surface area contributed by atoms with Crippen molar-refractivity contribution < 1.29 is 4.79 Å². The van der Waals surface area contributed by atoms with Gasteiger partial charge in [0, 0.05) is 10.9 Å². The highest BCUT2D eigenvalue weighted by Crippen LogP contribution is 2.13. The minimum Gasteiger partial charge on any atom is -0.321 e. The molecule has 0 aromatic heterocycles. The third-order valence-electron chi connectivity index (χ3n) is 2.41. The van der Waals surface area contributed by atoms with Crippen LogP contribution < -0.4 is 5.73 Å². The molecule has 1 unspecified atom stereocenters. The van der Waals surface area contributed by atoms with E-state index in [1.54, 1.807) is 0 Å². The number of carbonyl (C=O) groups is 1. The van der Waals surface area contributed by atoms with Crippen molar-refractivity contribution >= 4 is 21.7 Å². The van der Waals surface area contributed by atoms with E-state index in [2.05, 4.69) is 29.8 Å². The Morgan fingerprint density at radius 3 is 2.69 bits per heavy atom. The van der Waals surface area contributed by atoms with Crippen LogP contribution in [0.5, 0.6) is 0 Å². The molecule has 0 radical (unpaired) electrons. The van der Waals surface area contributed by atoms with E-state index in [1.807, 2.05) is 24.3 Å². The molecular formula is C13H18BrNO. The predicted octanol–water partition coefficient (Wildman–Crippen LogP) is 2.93. The Balaban J connectivity index is 2.57. The van der Waals surface area contributed by atoms with Crippen molar-refractivity contribution in [2.45, 2.75) is 32.7 Å². The van der Waals surface area contributed by atoms with Gasteiger partial charge < -0.3 is 5.73 Å². The Bertz CT molecular complexity index is 363. The number of nitrogens with two attached hydrogens (primary N) is 1. The van der Waals surface area contributed by atoms with E-state index < -0.39 is 0 Å². The number of halogens is 1. The number of carbonyl (C=O) groups excluding carboxylic acids is 1. The maximum Gasteiger partial charge on any atom is 0.153 e. The maximum atomic E-state index is 11.8. The Morgan fingerprint density at radius 1 is 1.44 bits per heavy atom. The number of Topliss-reactive ketones (excluding diaryl/α,β-unsaturated/α-hetero) is 1. The van der Waals surface area contributed by atoms with Crippen LogP contribution in [0.1, 0.15) is 25.8 Å². The van der Waals surface area contributed by atoms with Gasteiger partial charge in [-0.1, -0.05) is 41.9 Å². The molecule has 1 aromatic carbocycles. The monoisotopic (exact) mass is 283 g/mol. The molecule has 0 spiro atoms. The van der Waals surface area contributed by atoms with E-state index in [4.69, 9.17) is 5.73 Å². The highest BCUT2D eigenvalue weighted by molar-refractivity contribution is 9.10. The zero-order chi connectivity index (χ0) is 12.1. The summed E-state index contributed by atoms with van der Waals surface area (Å²) in [4.78, 5) is 11.8. The van der Waals surface area contributed by atoms with Crippen LogP contribution in [0.4, 0.5) is 0 Å². The second-order valence-electron chi connectivity index (χ2n) is 4.51. The summed E-state index contributed by atoms with van der Waals surface area (Å²) in [5.74, 6) is 0.577. The van der Waals surface area contributed by atoms with E-state index >= 15 is 0 Å². The minimum absolute atomic E-state index is 0.117. The lowest BCUT2D eigenvalue weighted by molar-refractivity contribution is -0.120. The number of hydrogen-bond donors (Lipinski definition) is 1. The minimum atomic E-state index is -0.334. The number of benzene rings is 1. The average Bonchev–Trinajstić information content (AvgIpc) is 2.16. The van der Waals surface area contributed by atoms with Crippen LogP contribution in [0.25, 0.3) is 0 Å². The van der Waals surface area contributed by atoms with Crippen molar-refractivity contribution in [2.24, 2.45) is 11.7 Å². The third kappa shape index (κ3) is 4.45. The van der Waals surface area contributed by atoms with Gasteiger partial charge in [0.15, 0.2) is 5.78 Å². The smallest absolute Gasteiger partial charge is 0.153 e. The van der Waals surface area contributed by atoms with Gasteiger partial charge in [-0.05, 0) is 30.0 Å². The first-order valence-corrected chi connectivity index (χ1v) is 6.31. The van der Waals surface area contributed by atoms with E-state index in [1.165, 1.54) is 0 Å². The van der Waals surface area contributed by atoms with Crippen LogP contribution in [-0.2, 0) is 11.2 Å². The van der Waals surface area contributed by atoms with Gasteiger partial charge in [0.1, 0.15) is 0 Å². The lowest BCUT2D eigenvalue weighted by Crippen LogP contribution is -2.33. The molecule has 1 rings (SSSR count). The van der Waals surface area contributed by atoms with Crippen LogP contribution in [0.15, 0.2) is 28.7 Å². The van der Waals surface area contributed by atoms with E-state index in [9.17, 15) is 4.79 Å². The van der Waals surface area contributed by atoms with Gasteiger partial charge in [0.2, 0.25) is 0 Å². The number of hydrogen-bond acceptors (Lipinski definition) is 2. The molecule has 0 saturated heterocycles. The van der Waals surface area contributed by atoms with E-state index in [0.717, 1.165) is 16.5 Å². The van der Waals surface area contributed by atoms with Crippen molar-refractivity contribution in [3.8, 4) is 0 Å². The molecule has 3 heteroatoms. The SMILES string of the molecule is CC(C)CC(N)C(=O)Cc1cccc(Br)c1. The molecule has 88 valence electrons. The van der Waals surface area contributed by atoms with E-state index in [-0.39, 0.29) is 11.8 Å². The van der Waals surface area contributed by atoms with Gasteiger partial charge in [-0.2, -0.15) is 0 Å². The van der Waals surface area contributed by atoms with Crippen LogP contribution >= 0.6 is 15.9 Å². The fraction of sp³-hybridized carbons (Fsp3) is 0.462. The lowest BCUT2D eigenvalue weighted by Gasteiger charge is -2.12. The largest absolute Gasteiger partial charge is 0.321 e. The Kier molecular flexibility index (Phi) is 5.16. The van der Waals surface area contributed by atoms with E-state index in [0.29, 0.717) is 12.3 Å².